The fourth-order valence-electron chi connectivity index (χ4n) is 2.05. The average molecular weight is 263 g/mol. The molecule has 0 spiro atoms. The quantitative estimate of drug-likeness (QED) is 0.766. The Labute approximate surface area is 114 Å². The molecule has 1 aromatic rings. The SMILES string of the molecule is CCCN(CC(=O)OC)C(=O)c1c(C)cccc1C. The van der Waals surface area contributed by atoms with Gasteiger partial charge < -0.3 is 9.64 Å². The maximum Gasteiger partial charge on any atom is 0.325 e. The average Bonchev–Trinajstić information content (AvgIpc) is 2.37. The summed E-state index contributed by atoms with van der Waals surface area (Å²) in [6, 6.07) is 5.73. The predicted octanol–water partition coefficient (Wildman–Crippen LogP) is 2.33. The third kappa shape index (κ3) is 3.81. The minimum Gasteiger partial charge on any atom is -0.468 e. The van der Waals surface area contributed by atoms with Gasteiger partial charge in [0.1, 0.15) is 6.54 Å². The highest BCUT2D eigenvalue weighted by Crippen LogP contribution is 2.16. The van der Waals surface area contributed by atoms with Gasteiger partial charge in [-0.1, -0.05) is 25.1 Å². The molecule has 0 heterocycles. The summed E-state index contributed by atoms with van der Waals surface area (Å²) in [5.41, 5.74) is 2.53. The van der Waals surface area contributed by atoms with E-state index < -0.39 is 5.97 Å². The van der Waals surface area contributed by atoms with Crippen LogP contribution in [0, 0.1) is 13.8 Å². The number of carbonyl (C=O) groups is 2. The lowest BCUT2D eigenvalue weighted by Crippen LogP contribution is -2.37. The number of methoxy groups -OCH3 is 1. The second kappa shape index (κ2) is 6.92. The highest BCUT2D eigenvalue weighted by molar-refractivity contribution is 5.98. The third-order valence-electron chi connectivity index (χ3n) is 3.02. The van der Waals surface area contributed by atoms with Crippen molar-refractivity contribution in [2.24, 2.45) is 0 Å². The van der Waals surface area contributed by atoms with Crippen LogP contribution >= 0.6 is 0 Å². The Balaban J connectivity index is 3.02. The molecule has 0 unspecified atom stereocenters. The molecule has 0 atom stereocenters. The van der Waals surface area contributed by atoms with Gasteiger partial charge in [0.05, 0.1) is 7.11 Å². The van der Waals surface area contributed by atoms with E-state index >= 15 is 0 Å². The van der Waals surface area contributed by atoms with Crippen LogP contribution in [0.2, 0.25) is 0 Å². The van der Waals surface area contributed by atoms with Gasteiger partial charge in [-0.15, -0.1) is 0 Å². The van der Waals surface area contributed by atoms with Gasteiger partial charge in [-0.25, -0.2) is 0 Å². The van der Waals surface area contributed by atoms with Crippen molar-refractivity contribution in [2.45, 2.75) is 27.2 Å². The zero-order valence-corrected chi connectivity index (χ0v) is 12.0. The van der Waals surface area contributed by atoms with E-state index in [4.69, 9.17) is 0 Å². The van der Waals surface area contributed by atoms with Crippen LogP contribution < -0.4 is 0 Å². The summed E-state index contributed by atoms with van der Waals surface area (Å²) in [7, 11) is 1.33. The molecule has 4 heteroatoms. The molecule has 0 saturated heterocycles. The summed E-state index contributed by atoms with van der Waals surface area (Å²) in [6.07, 6.45) is 0.799. The summed E-state index contributed by atoms with van der Waals surface area (Å²) in [4.78, 5) is 25.5. The number of hydrogen-bond acceptors (Lipinski definition) is 3. The van der Waals surface area contributed by atoms with E-state index in [1.54, 1.807) is 4.90 Å². The number of hydrogen-bond donors (Lipinski definition) is 0. The molecule has 0 aliphatic heterocycles. The smallest absolute Gasteiger partial charge is 0.325 e. The van der Waals surface area contributed by atoms with Crippen LogP contribution in [0.5, 0.6) is 0 Å². The van der Waals surface area contributed by atoms with Crippen molar-refractivity contribution in [3.8, 4) is 0 Å². The predicted molar refractivity (Wildman–Crippen MR) is 74.1 cm³/mol. The fraction of sp³-hybridized carbons (Fsp3) is 0.467. The first kappa shape index (κ1) is 15.2. The van der Waals surface area contributed by atoms with Crippen LogP contribution in [0.15, 0.2) is 18.2 Å². The van der Waals surface area contributed by atoms with Gasteiger partial charge in [0.15, 0.2) is 0 Å². The van der Waals surface area contributed by atoms with Crippen molar-refractivity contribution >= 4 is 11.9 Å². The fourth-order valence-corrected chi connectivity index (χ4v) is 2.05. The Kier molecular flexibility index (Phi) is 5.55. The molecule has 1 amide bonds. The second-order valence-electron chi connectivity index (χ2n) is 4.57. The van der Waals surface area contributed by atoms with Gasteiger partial charge in [-0.05, 0) is 31.4 Å². The Hall–Kier alpha value is -1.84. The first-order valence-corrected chi connectivity index (χ1v) is 6.43. The molecule has 0 fully saturated rings. The number of amides is 1. The normalized spacial score (nSPS) is 10.1. The molecule has 4 nitrogen and oxygen atoms in total. The summed E-state index contributed by atoms with van der Waals surface area (Å²) < 4.78 is 4.64. The van der Waals surface area contributed by atoms with Crippen LogP contribution in [0.3, 0.4) is 0 Å². The van der Waals surface area contributed by atoms with Crippen LogP contribution in [0.25, 0.3) is 0 Å². The molecule has 1 rings (SSSR count). The Morgan fingerprint density at radius 3 is 2.26 bits per heavy atom. The Morgan fingerprint density at radius 1 is 1.21 bits per heavy atom. The number of benzene rings is 1. The maximum absolute atomic E-state index is 12.5. The molecule has 0 N–H and O–H groups in total. The standard InChI is InChI=1S/C15H21NO3/c1-5-9-16(10-13(17)19-4)15(18)14-11(2)7-6-8-12(14)3/h6-8H,5,9-10H2,1-4H3. The van der Waals surface area contributed by atoms with E-state index in [0.717, 1.165) is 17.5 Å². The lowest BCUT2D eigenvalue weighted by atomic mass is 10.0. The summed E-state index contributed by atoms with van der Waals surface area (Å²) >= 11 is 0. The van der Waals surface area contributed by atoms with E-state index in [0.29, 0.717) is 12.1 Å². The number of nitrogens with zero attached hydrogens (tertiary/aromatic N) is 1. The zero-order chi connectivity index (χ0) is 14.4. The zero-order valence-electron chi connectivity index (χ0n) is 12.0. The molecular weight excluding hydrogens is 242 g/mol. The van der Waals surface area contributed by atoms with Gasteiger partial charge in [0.2, 0.25) is 0 Å². The molecule has 1 aromatic carbocycles. The minimum atomic E-state index is -0.395. The summed E-state index contributed by atoms with van der Waals surface area (Å²) in [5.74, 6) is -0.504. The van der Waals surface area contributed by atoms with Gasteiger partial charge in [0.25, 0.3) is 5.91 Å². The molecule has 0 aliphatic carbocycles. The lowest BCUT2D eigenvalue weighted by Gasteiger charge is -2.22. The van der Waals surface area contributed by atoms with Crippen molar-refractivity contribution in [1.29, 1.82) is 0 Å². The van der Waals surface area contributed by atoms with Gasteiger partial charge in [0, 0.05) is 12.1 Å². The van der Waals surface area contributed by atoms with E-state index in [9.17, 15) is 9.59 Å². The topological polar surface area (TPSA) is 46.6 Å². The van der Waals surface area contributed by atoms with E-state index in [1.165, 1.54) is 7.11 Å². The lowest BCUT2D eigenvalue weighted by molar-refractivity contribution is -0.141. The van der Waals surface area contributed by atoms with Crippen molar-refractivity contribution in [3.05, 3.63) is 34.9 Å². The Morgan fingerprint density at radius 2 is 1.79 bits per heavy atom. The second-order valence-corrected chi connectivity index (χ2v) is 4.57. The number of carbonyl (C=O) groups excluding carboxylic acids is 2. The monoisotopic (exact) mass is 263 g/mol. The van der Waals surface area contributed by atoms with Crippen LogP contribution in [0.4, 0.5) is 0 Å². The van der Waals surface area contributed by atoms with Gasteiger partial charge >= 0.3 is 5.97 Å². The molecular formula is C15H21NO3. The first-order chi connectivity index (χ1) is 9.01. The summed E-state index contributed by atoms with van der Waals surface area (Å²) in [5, 5.41) is 0. The largest absolute Gasteiger partial charge is 0.468 e. The highest BCUT2D eigenvalue weighted by Gasteiger charge is 2.21. The first-order valence-electron chi connectivity index (χ1n) is 6.43. The van der Waals surface area contributed by atoms with Crippen LogP contribution in [0.1, 0.15) is 34.8 Å². The van der Waals surface area contributed by atoms with Gasteiger partial charge in [-0.3, -0.25) is 9.59 Å². The Bertz CT molecular complexity index is 448. The molecule has 0 aliphatic rings. The van der Waals surface area contributed by atoms with Crippen molar-refractivity contribution in [2.75, 3.05) is 20.2 Å². The van der Waals surface area contributed by atoms with Crippen molar-refractivity contribution < 1.29 is 14.3 Å². The van der Waals surface area contributed by atoms with Crippen LogP contribution in [-0.4, -0.2) is 37.0 Å². The van der Waals surface area contributed by atoms with Crippen molar-refractivity contribution in [1.82, 2.24) is 4.90 Å². The van der Waals surface area contributed by atoms with E-state index in [2.05, 4.69) is 4.74 Å². The molecule has 0 radical (unpaired) electrons. The molecule has 104 valence electrons. The molecule has 0 aromatic heterocycles. The van der Waals surface area contributed by atoms with Crippen LogP contribution in [-0.2, 0) is 9.53 Å². The summed E-state index contributed by atoms with van der Waals surface area (Å²) in [6.45, 7) is 6.33. The highest BCUT2D eigenvalue weighted by atomic mass is 16.5. The van der Waals surface area contributed by atoms with Gasteiger partial charge in [-0.2, -0.15) is 0 Å². The van der Waals surface area contributed by atoms with Crippen molar-refractivity contribution in [3.63, 3.8) is 0 Å². The maximum atomic E-state index is 12.5. The van der Waals surface area contributed by atoms with E-state index in [-0.39, 0.29) is 12.5 Å². The number of esters is 1. The molecule has 0 saturated carbocycles. The minimum absolute atomic E-state index is 0.00303. The number of ether oxygens (including phenoxy) is 1. The number of aryl methyl sites for hydroxylation is 2. The third-order valence-corrected chi connectivity index (χ3v) is 3.02. The van der Waals surface area contributed by atoms with E-state index in [1.807, 2.05) is 39.0 Å². The molecule has 19 heavy (non-hydrogen) atoms. The number of rotatable bonds is 5. The molecule has 0 bridgehead atoms.